The van der Waals surface area contributed by atoms with E-state index in [1.807, 2.05) is 0 Å². The van der Waals surface area contributed by atoms with Crippen molar-refractivity contribution in [2.75, 3.05) is 6.61 Å². The van der Waals surface area contributed by atoms with Crippen LogP contribution in [0.3, 0.4) is 0 Å². The fourth-order valence-corrected chi connectivity index (χ4v) is 0.659. The Morgan fingerprint density at radius 1 is 1.31 bits per heavy atom. The zero-order chi connectivity index (χ0) is 10.4. The van der Waals surface area contributed by atoms with Crippen molar-refractivity contribution in [3.8, 4) is 0 Å². The summed E-state index contributed by atoms with van der Waals surface area (Å²) in [6.07, 6.45) is 0. The van der Waals surface area contributed by atoms with Crippen LogP contribution in [0.2, 0.25) is 0 Å². The molecular weight excluding hydrogens is 176 g/mol. The summed E-state index contributed by atoms with van der Waals surface area (Å²) in [5, 5.41) is 8.60. The average Bonchev–Trinajstić information content (AvgIpc) is 1.99. The van der Waals surface area contributed by atoms with E-state index in [9.17, 15) is 9.59 Å². The minimum atomic E-state index is -1.32. The van der Waals surface area contributed by atoms with Crippen molar-refractivity contribution in [1.82, 2.24) is 0 Å². The molecule has 0 aliphatic rings. The van der Waals surface area contributed by atoms with Gasteiger partial charge in [0, 0.05) is 0 Å². The number of rotatable bonds is 4. The molecule has 0 atom stereocenters. The minimum absolute atomic E-state index is 0.182. The van der Waals surface area contributed by atoms with E-state index in [0.29, 0.717) is 5.57 Å². The molecule has 13 heavy (non-hydrogen) atoms. The molecular formula is C8H12O5. The van der Waals surface area contributed by atoms with Gasteiger partial charge in [-0.25, -0.2) is 9.59 Å². The third-order valence-electron chi connectivity index (χ3n) is 1.17. The van der Waals surface area contributed by atoms with Crippen LogP contribution in [0.15, 0.2) is 11.1 Å². The van der Waals surface area contributed by atoms with Gasteiger partial charge in [-0.1, -0.05) is 5.57 Å². The number of allylic oxidation sites excluding steroid dienone is 1. The van der Waals surface area contributed by atoms with E-state index in [4.69, 9.17) is 5.11 Å². The van der Waals surface area contributed by atoms with E-state index in [2.05, 4.69) is 9.78 Å². The van der Waals surface area contributed by atoms with Gasteiger partial charge in [0.2, 0.25) is 0 Å². The van der Waals surface area contributed by atoms with Gasteiger partial charge < -0.3 is 5.11 Å². The number of aliphatic carboxylic acids is 1. The first-order chi connectivity index (χ1) is 6.00. The fraction of sp³-hybridized carbons (Fsp3) is 0.500. The van der Waals surface area contributed by atoms with Crippen LogP contribution in [0, 0.1) is 0 Å². The van der Waals surface area contributed by atoms with E-state index in [0.717, 1.165) is 0 Å². The highest BCUT2D eigenvalue weighted by Crippen LogP contribution is 2.06. The summed E-state index contributed by atoms with van der Waals surface area (Å²) in [6.45, 7) is 4.82. The van der Waals surface area contributed by atoms with Crippen LogP contribution in [-0.4, -0.2) is 23.7 Å². The zero-order valence-corrected chi connectivity index (χ0v) is 7.79. The highest BCUT2D eigenvalue weighted by Gasteiger charge is 2.21. The van der Waals surface area contributed by atoms with Crippen LogP contribution in [0.5, 0.6) is 0 Å². The van der Waals surface area contributed by atoms with Gasteiger partial charge in [0.05, 0.1) is 6.61 Å². The quantitative estimate of drug-likeness (QED) is 0.233. The summed E-state index contributed by atoms with van der Waals surface area (Å²) in [5.74, 6) is -2.29. The van der Waals surface area contributed by atoms with Crippen LogP contribution < -0.4 is 0 Å². The number of carbonyl (C=O) groups excluding carboxylic acids is 1. The fourth-order valence-electron chi connectivity index (χ4n) is 0.659. The molecule has 0 radical (unpaired) electrons. The Bertz CT molecular complexity index is 237. The van der Waals surface area contributed by atoms with Crippen molar-refractivity contribution in [2.24, 2.45) is 0 Å². The second kappa shape index (κ2) is 5.31. The number of hydrogen-bond acceptors (Lipinski definition) is 4. The monoisotopic (exact) mass is 188 g/mol. The van der Waals surface area contributed by atoms with E-state index < -0.39 is 17.5 Å². The smallest absolute Gasteiger partial charge is 0.380 e. The minimum Gasteiger partial charge on any atom is -0.477 e. The van der Waals surface area contributed by atoms with Crippen LogP contribution >= 0.6 is 0 Å². The van der Waals surface area contributed by atoms with Crippen LogP contribution in [-0.2, 0) is 19.4 Å². The highest BCUT2D eigenvalue weighted by molar-refractivity contribution is 6.13. The Kier molecular flexibility index (Phi) is 4.76. The van der Waals surface area contributed by atoms with Crippen molar-refractivity contribution in [1.29, 1.82) is 0 Å². The predicted octanol–water partition coefficient (Wildman–Crippen LogP) is 0.902. The number of carboxylic acids is 1. The largest absolute Gasteiger partial charge is 0.477 e. The number of carbonyl (C=O) groups is 2. The van der Waals surface area contributed by atoms with Crippen molar-refractivity contribution in [3.63, 3.8) is 0 Å². The van der Waals surface area contributed by atoms with Crippen molar-refractivity contribution in [3.05, 3.63) is 11.1 Å². The second-order valence-electron chi connectivity index (χ2n) is 2.46. The van der Waals surface area contributed by atoms with Crippen LogP contribution in [0.4, 0.5) is 0 Å². The van der Waals surface area contributed by atoms with Gasteiger partial charge in [-0.05, 0) is 20.8 Å². The molecule has 0 aromatic rings. The lowest BCUT2D eigenvalue weighted by Crippen LogP contribution is -2.17. The molecule has 0 aliphatic heterocycles. The summed E-state index contributed by atoms with van der Waals surface area (Å²) >= 11 is 0. The lowest BCUT2D eigenvalue weighted by molar-refractivity contribution is -0.265. The molecule has 0 aromatic heterocycles. The lowest BCUT2D eigenvalue weighted by Gasteiger charge is -2.03. The van der Waals surface area contributed by atoms with Gasteiger partial charge in [0.25, 0.3) is 0 Å². The molecule has 0 saturated heterocycles. The average molecular weight is 188 g/mol. The zero-order valence-electron chi connectivity index (χ0n) is 7.79. The first-order valence-corrected chi connectivity index (χ1v) is 3.75. The maximum Gasteiger partial charge on any atom is 0.380 e. The second-order valence-corrected chi connectivity index (χ2v) is 2.46. The summed E-state index contributed by atoms with van der Waals surface area (Å²) in [6, 6.07) is 0. The third-order valence-corrected chi connectivity index (χ3v) is 1.17. The van der Waals surface area contributed by atoms with Crippen LogP contribution in [0.25, 0.3) is 0 Å². The first kappa shape index (κ1) is 11.6. The lowest BCUT2D eigenvalue weighted by atomic mass is 10.1. The van der Waals surface area contributed by atoms with E-state index >= 15 is 0 Å². The molecule has 0 rings (SSSR count). The predicted molar refractivity (Wildman–Crippen MR) is 43.7 cm³/mol. The highest BCUT2D eigenvalue weighted by atomic mass is 17.2. The first-order valence-electron chi connectivity index (χ1n) is 3.75. The van der Waals surface area contributed by atoms with Gasteiger partial charge in [-0.2, -0.15) is 4.89 Å². The Balaban J connectivity index is 4.51. The summed E-state index contributed by atoms with van der Waals surface area (Å²) < 4.78 is 0. The molecule has 0 saturated carbocycles. The standard InChI is InChI=1S/C8H12O5/c1-4-12-13-8(11)6(5(2)3)7(9)10/h4H2,1-3H3,(H,9,10). The van der Waals surface area contributed by atoms with Gasteiger partial charge in [0.1, 0.15) is 5.57 Å². The maximum absolute atomic E-state index is 11.0. The maximum atomic E-state index is 11.0. The summed E-state index contributed by atoms with van der Waals surface area (Å²) in [7, 11) is 0. The van der Waals surface area contributed by atoms with Gasteiger partial charge >= 0.3 is 11.9 Å². The Hall–Kier alpha value is -1.36. The van der Waals surface area contributed by atoms with Crippen molar-refractivity contribution < 1.29 is 24.5 Å². The molecule has 0 amide bonds. The Morgan fingerprint density at radius 3 is 2.15 bits per heavy atom. The van der Waals surface area contributed by atoms with E-state index in [1.54, 1.807) is 6.92 Å². The Morgan fingerprint density at radius 2 is 1.85 bits per heavy atom. The molecule has 0 spiro atoms. The van der Waals surface area contributed by atoms with Crippen molar-refractivity contribution in [2.45, 2.75) is 20.8 Å². The molecule has 1 N–H and O–H groups in total. The van der Waals surface area contributed by atoms with Crippen molar-refractivity contribution >= 4 is 11.9 Å². The number of hydrogen-bond donors (Lipinski definition) is 1. The molecule has 0 unspecified atom stereocenters. The van der Waals surface area contributed by atoms with Gasteiger partial charge in [-0.15, -0.1) is 0 Å². The molecule has 0 aliphatic carbocycles. The van der Waals surface area contributed by atoms with E-state index in [-0.39, 0.29) is 6.61 Å². The molecule has 0 bridgehead atoms. The molecule has 0 heterocycles. The molecule has 5 heteroatoms. The topological polar surface area (TPSA) is 72.8 Å². The van der Waals surface area contributed by atoms with Crippen LogP contribution in [0.1, 0.15) is 20.8 Å². The number of carboxylic acid groups (broad SMARTS) is 1. The molecule has 0 aromatic carbocycles. The molecule has 74 valence electrons. The normalized spacial score (nSPS) is 9.15. The SMILES string of the molecule is CCOOC(=O)C(C(=O)O)=C(C)C. The molecule has 0 fully saturated rings. The summed E-state index contributed by atoms with van der Waals surface area (Å²) in [4.78, 5) is 30.1. The van der Waals surface area contributed by atoms with Gasteiger partial charge in [-0.3, -0.25) is 4.89 Å². The molecule has 5 nitrogen and oxygen atoms in total. The van der Waals surface area contributed by atoms with Gasteiger partial charge in [0.15, 0.2) is 0 Å². The third kappa shape index (κ3) is 3.71. The summed E-state index contributed by atoms with van der Waals surface area (Å²) in [5.41, 5.74) is -0.0225. The van der Waals surface area contributed by atoms with E-state index in [1.165, 1.54) is 13.8 Å². The Labute approximate surface area is 75.9 Å².